The molecule has 0 saturated carbocycles. The predicted octanol–water partition coefficient (Wildman–Crippen LogP) is 1.73. The number of carbonyl (C=O) groups is 1. The largest absolute Gasteiger partial charge is 0.390 e. The van der Waals surface area contributed by atoms with Gasteiger partial charge in [-0.25, -0.2) is 9.67 Å². The van der Waals surface area contributed by atoms with Crippen LogP contribution in [0.25, 0.3) is 10.2 Å². The highest BCUT2D eigenvalue weighted by atomic mass is 35.5. The van der Waals surface area contributed by atoms with E-state index in [0.717, 1.165) is 10.2 Å². The fraction of sp³-hybridized carbons (Fsp3) is 0.286. The summed E-state index contributed by atoms with van der Waals surface area (Å²) >= 11 is 7.31. The molecule has 4 rings (SSSR count). The van der Waals surface area contributed by atoms with Crippen LogP contribution in [0.4, 0.5) is 0 Å². The molecular formula is C14H12ClN5O2S. The van der Waals surface area contributed by atoms with E-state index < -0.39 is 0 Å². The van der Waals surface area contributed by atoms with Gasteiger partial charge in [-0.1, -0.05) is 16.8 Å². The molecule has 3 aromatic rings. The number of nitrogens with zero attached hydrogens (tertiary/aromatic N) is 5. The number of carbonyl (C=O) groups excluding carboxylic acids is 1. The minimum atomic E-state index is -0.135. The minimum absolute atomic E-state index is 0.0823. The summed E-state index contributed by atoms with van der Waals surface area (Å²) in [7, 11) is 0. The van der Waals surface area contributed by atoms with Gasteiger partial charge in [-0.05, 0) is 18.2 Å². The van der Waals surface area contributed by atoms with Gasteiger partial charge in [0.2, 0.25) is 0 Å². The monoisotopic (exact) mass is 349 g/mol. The Hall–Kier alpha value is -2.03. The highest BCUT2D eigenvalue weighted by molar-refractivity contribution is 7.20. The molecule has 1 fully saturated rings. The maximum atomic E-state index is 12.5. The van der Waals surface area contributed by atoms with Crippen LogP contribution in [0.3, 0.4) is 0 Å². The number of halogens is 1. The van der Waals surface area contributed by atoms with E-state index >= 15 is 0 Å². The number of aliphatic hydroxyl groups excluding tert-OH is 1. The lowest BCUT2D eigenvalue weighted by molar-refractivity contribution is 0.0498. The number of aromatic nitrogens is 4. The molecule has 0 aliphatic carbocycles. The van der Waals surface area contributed by atoms with Crippen molar-refractivity contribution in [2.45, 2.75) is 12.6 Å². The second-order valence-electron chi connectivity index (χ2n) is 5.34. The normalized spacial score (nSPS) is 15.1. The van der Waals surface area contributed by atoms with E-state index in [1.165, 1.54) is 11.3 Å². The third-order valence-electron chi connectivity index (χ3n) is 3.78. The van der Waals surface area contributed by atoms with Crippen molar-refractivity contribution in [3.8, 4) is 0 Å². The molecule has 0 spiro atoms. The van der Waals surface area contributed by atoms with E-state index in [0.29, 0.717) is 28.8 Å². The second kappa shape index (κ2) is 5.55. The topological polar surface area (TPSA) is 84.1 Å². The zero-order valence-electron chi connectivity index (χ0n) is 11.9. The average molecular weight is 350 g/mol. The van der Waals surface area contributed by atoms with E-state index in [-0.39, 0.29) is 18.6 Å². The van der Waals surface area contributed by atoms with Crippen LogP contribution < -0.4 is 0 Å². The first kappa shape index (κ1) is 14.6. The van der Waals surface area contributed by atoms with Gasteiger partial charge in [0.1, 0.15) is 5.69 Å². The predicted molar refractivity (Wildman–Crippen MR) is 85.5 cm³/mol. The standard InChI is InChI=1S/C14H12ClN5O2S/c15-8-1-2-12-11(3-8)16-13(23-12)14(22)19-5-10(6-19)20-4-9(7-21)17-18-20/h1-4,10,21H,5-7H2. The van der Waals surface area contributed by atoms with Gasteiger partial charge in [0.15, 0.2) is 5.01 Å². The molecule has 1 N–H and O–H groups in total. The quantitative estimate of drug-likeness (QED) is 0.778. The molecule has 1 saturated heterocycles. The first-order valence-corrected chi connectivity index (χ1v) is 8.20. The Morgan fingerprint density at radius 1 is 1.43 bits per heavy atom. The third kappa shape index (κ3) is 2.58. The molecule has 23 heavy (non-hydrogen) atoms. The molecule has 9 heteroatoms. The van der Waals surface area contributed by atoms with Gasteiger partial charge in [-0.15, -0.1) is 16.4 Å². The second-order valence-corrected chi connectivity index (χ2v) is 6.81. The number of likely N-dealkylation sites (tertiary alicyclic amines) is 1. The SMILES string of the molecule is O=C(c1nc2cc(Cl)ccc2s1)N1CC(n2cc(CO)nn2)C1. The Bertz CT molecular complexity index is 886. The Morgan fingerprint density at radius 2 is 2.26 bits per heavy atom. The van der Waals surface area contributed by atoms with Gasteiger partial charge >= 0.3 is 0 Å². The van der Waals surface area contributed by atoms with Gasteiger partial charge in [0.05, 0.1) is 29.1 Å². The first-order valence-electron chi connectivity index (χ1n) is 7.01. The molecule has 0 bridgehead atoms. The van der Waals surface area contributed by atoms with Crippen molar-refractivity contribution in [3.63, 3.8) is 0 Å². The number of amides is 1. The van der Waals surface area contributed by atoms with Crippen molar-refractivity contribution < 1.29 is 9.90 Å². The summed E-state index contributed by atoms with van der Waals surface area (Å²) in [5.74, 6) is -0.0823. The van der Waals surface area contributed by atoms with Crippen molar-refractivity contribution in [1.82, 2.24) is 24.9 Å². The molecule has 7 nitrogen and oxygen atoms in total. The number of rotatable bonds is 3. The molecular weight excluding hydrogens is 338 g/mol. The zero-order chi connectivity index (χ0) is 16.0. The van der Waals surface area contributed by atoms with Crippen LogP contribution >= 0.6 is 22.9 Å². The summed E-state index contributed by atoms with van der Waals surface area (Å²) in [5, 5.41) is 17.9. The minimum Gasteiger partial charge on any atom is -0.390 e. The van der Waals surface area contributed by atoms with E-state index in [1.54, 1.807) is 27.9 Å². The number of fused-ring (bicyclic) bond motifs is 1. The maximum Gasteiger partial charge on any atom is 0.283 e. The summed E-state index contributed by atoms with van der Waals surface area (Å²) in [6.07, 6.45) is 1.70. The average Bonchev–Trinajstić information content (AvgIpc) is 3.11. The van der Waals surface area contributed by atoms with E-state index in [4.69, 9.17) is 16.7 Å². The molecule has 1 aromatic carbocycles. The van der Waals surface area contributed by atoms with Crippen LogP contribution in [0.15, 0.2) is 24.4 Å². The van der Waals surface area contributed by atoms with Gasteiger partial charge in [0, 0.05) is 18.1 Å². The van der Waals surface area contributed by atoms with Gasteiger partial charge in [-0.3, -0.25) is 4.79 Å². The van der Waals surface area contributed by atoms with E-state index in [2.05, 4.69) is 15.3 Å². The molecule has 3 heterocycles. The van der Waals surface area contributed by atoms with Crippen LogP contribution in [0, 0.1) is 0 Å². The van der Waals surface area contributed by atoms with Gasteiger partial charge in [0.25, 0.3) is 5.91 Å². The van der Waals surface area contributed by atoms with Crippen molar-refractivity contribution >= 4 is 39.1 Å². The maximum absolute atomic E-state index is 12.5. The molecule has 1 aliphatic heterocycles. The summed E-state index contributed by atoms with van der Waals surface area (Å²) < 4.78 is 2.63. The van der Waals surface area contributed by atoms with Crippen LogP contribution in [-0.2, 0) is 6.61 Å². The van der Waals surface area contributed by atoms with Crippen molar-refractivity contribution in [1.29, 1.82) is 0 Å². The fourth-order valence-corrected chi connectivity index (χ4v) is 3.56. The van der Waals surface area contributed by atoms with Crippen LogP contribution in [0.5, 0.6) is 0 Å². The molecule has 0 radical (unpaired) electrons. The highest BCUT2D eigenvalue weighted by Gasteiger charge is 2.34. The molecule has 1 aliphatic rings. The number of benzene rings is 1. The Morgan fingerprint density at radius 3 is 3.00 bits per heavy atom. The fourth-order valence-electron chi connectivity index (χ4n) is 2.48. The molecule has 2 aromatic heterocycles. The van der Waals surface area contributed by atoms with Crippen LogP contribution in [-0.4, -0.2) is 49.0 Å². The Labute approximate surface area is 140 Å². The third-order valence-corrected chi connectivity index (χ3v) is 5.04. The van der Waals surface area contributed by atoms with Gasteiger partial charge < -0.3 is 10.0 Å². The number of thiazole rings is 1. The first-order chi connectivity index (χ1) is 11.1. The van der Waals surface area contributed by atoms with Gasteiger partial charge in [-0.2, -0.15) is 0 Å². The number of hydrogen-bond donors (Lipinski definition) is 1. The van der Waals surface area contributed by atoms with Crippen LogP contribution in [0.1, 0.15) is 21.5 Å². The lowest BCUT2D eigenvalue weighted by atomic mass is 10.1. The van der Waals surface area contributed by atoms with Crippen molar-refractivity contribution in [2.24, 2.45) is 0 Å². The van der Waals surface area contributed by atoms with Crippen molar-refractivity contribution in [3.05, 3.63) is 40.1 Å². The van der Waals surface area contributed by atoms with Crippen molar-refractivity contribution in [2.75, 3.05) is 13.1 Å². The van der Waals surface area contributed by atoms with Crippen LogP contribution in [0.2, 0.25) is 5.02 Å². The lowest BCUT2D eigenvalue weighted by Gasteiger charge is -2.38. The summed E-state index contributed by atoms with van der Waals surface area (Å²) in [4.78, 5) is 18.6. The lowest BCUT2D eigenvalue weighted by Crippen LogP contribution is -2.50. The highest BCUT2D eigenvalue weighted by Crippen LogP contribution is 2.28. The zero-order valence-corrected chi connectivity index (χ0v) is 13.5. The molecule has 1 amide bonds. The molecule has 118 valence electrons. The van der Waals surface area contributed by atoms with E-state index in [1.807, 2.05) is 6.07 Å². The summed E-state index contributed by atoms with van der Waals surface area (Å²) in [5.41, 5.74) is 1.27. The number of aliphatic hydroxyl groups is 1. The Balaban J connectivity index is 1.47. The Kier molecular flexibility index (Phi) is 3.51. The van der Waals surface area contributed by atoms with E-state index in [9.17, 15) is 4.79 Å². The smallest absolute Gasteiger partial charge is 0.283 e. The summed E-state index contributed by atoms with van der Waals surface area (Å²) in [6, 6.07) is 5.51. The molecule has 0 atom stereocenters. The summed E-state index contributed by atoms with van der Waals surface area (Å²) in [6.45, 7) is 0.983. The number of hydrogen-bond acceptors (Lipinski definition) is 6. The molecule has 0 unspecified atom stereocenters.